The molecular formula is C20H26N6O. The zero-order chi connectivity index (χ0) is 20.2. The molecule has 1 heterocycles. The van der Waals surface area contributed by atoms with Gasteiger partial charge in [-0.1, -0.05) is 26.8 Å². The molecule has 142 valence electrons. The molecule has 0 unspecified atom stereocenters. The van der Waals surface area contributed by atoms with Gasteiger partial charge in [-0.25, -0.2) is 4.98 Å². The predicted octanol–water partition coefficient (Wildman–Crippen LogP) is 3.24. The van der Waals surface area contributed by atoms with Crippen LogP contribution in [0.15, 0.2) is 24.4 Å². The molecule has 7 nitrogen and oxygen atoms in total. The van der Waals surface area contributed by atoms with Gasteiger partial charge in [-0.15, -0.1) is 0 Å². The second-order valence-corrected chi connectivity index (χ2v) is 7.69. The predicted molar refractivity (Wildman–Crippen MR) is 107 cm³/mol. The summed E-state index contributed by atoms with van der Waals surface area (Å²) in [6.07, 6.45) is 1.52. The molecule has 7 heteroatoms. The van der Waals surface area contributed by atoms with E-state index in [1.54, 1.807) is 19.2 Å². The topological polar surface area (TPSA) is 93.9 Å². The molecule has 1 aromatic carbocycles. The van der Waals surface area contributed by atoms with Crippen LogP contribution in [0.1, 0.15) is 42.3 Å². The average molecular weight is 366 g/mol. The van der Waals surface area contributed by atoms with Gasteiger partial charge in [-0.3, -0.25) is 4.79 Å². The molecule has 0 saturated heterocycles. The van der Waals surface area contributed by atoms with Crippen LogP contribution in [0.25, 0.3) is 0 Å². The number of rotatable bonds is 5. The Balaban J connectivity index is 2.37. The molecule has 0 bridgehead atoms. The minimum atomic E-state index is -0.163. The number of benzene rings is 1. The number of carbonyl (C=O) groups is 1. The molecule has 1 aromatic heterocycles. The number of nitrogens with one attached hydrogen (secondary N) is 2. The van der Waals surface area contributed by atoms with Crippen molar-refractivity contribution in [1.29, 1.82) is 5.26 Å². The van der Waals surface area contributed by atoms with Crippen LogP contribution in [0.2, 0.25) is 0 Å². The number of hydrogen-bond donors (Lipinski definition) is 2. The fourth-order valence-corrected chi connectivity index (χ4v) is 2.75. The van der Waals surface area contributed by atoms with E-state index in [-0.39, 0.29) is 11.3 Å². The van der Waals surface area contributed by atoms with E-state index in [1.807, 2.05) is 24.9 Å². The van der Waals surface area contributed by atoms with Gasteiger partial charge >= 0.3 is 0 Å². The van der Waals surface area contributed by atoms with E-state index in [2.05, 4.69) is 47.4 Å². The molecule has 0 radical (unpaired) electrons. The van der Waals surface area contributed by atoms with Gasteiger partial charge in [0.1, 0.15) is 11.6 Å². The Morgan fingerprint density at radius 3 is 2.63 bits per heavy atom. The van der Waals surface area contributed by atoms with Gasteiger partial charge in [0.25, 0.3) is 5.91 Å². The summed E-state index contributed by atoms with van der Waals surface area (Å²) >= 11 is 0. The summed E-state index contributed by atoms with van der Waals surface area (Å²) < 4.78 is 0. The van der Waals surface area contributed by atoms with Crippen molar-refractivity contribution in [3.05, 3.63) is 41.1 Å². The van der Waals surface area contributed by atoms with Crippen molar-refractivity contribution in [3.8, 4) is 6.07 Å². The number of aryl methyl sites for hydroxylation is 1. The summed E-state index contributed by atoms with van der Waals surface area (Å²) in [7, 11) is 3.51. The molecule has 0 saturated carbocycles. The summed E-state index contributed by atoms with van der Waals surface area (Å²) in [4.78, 5) is 22.6. The third-order valence-electron chi connectivity index (χ3n) is 3.94. The maximum absolute atomic E-state index is 11.9. The lowest BCUT2D eigenvalue weighted by Crippen LogP contribution is -2.30. The Kier molecular flexibility index (Phi) is 6.01. The Morgan fingerprint density at radius 1 is 1.33 bits per heavy atom. The van der Waals surface area contributed by atoms with Gasteiger partial charge in [0.2, 0.25) is 5.95 Å². The number of hydrogen-bond acceptors (Lipinski definition) is 6. The number of amides is 1. The molecule has 0 aliphatic carbocycles. The highest BCUT2D eigenvalue weighted by Crippen LogP contribution is 2.25. The van der Waals surface area contributed by atoms with Crippen LogP contribution in [0.3, 0.4) is 0 Å². The lowest BCUT2D eigenvalue weighted by molar-refractivity contribution is 0.0963. The lowest BCUT2D eigenvalue weighted by atomic mass is 9.96. The number of nitriles is 1. The van der Waals surface area contributed by atoms with Crippen LogP contribution in [-0.4, -0.2) is 36.5 Å². The number of carbonyl (C=O) groups excluding carboxylic acids is 1. The summed E-state index contributed by atoms with van der Waals surface area (Å²) in [6.45, 7) is 9.06. The maximum atomic E-state index is 11.9. The highest BCUT2D eigenvalue weighted by molar-refractivity contribution is 5.95. The fraction of sp³-hybridized carbons (Fsp3) is 0.400. The third-order valence-corrected chi connectivity index (χ3v) is 3.94. The van der Waals surface area contributed by atoms with Crippen molar-refractivity contribution in [2.24, 2.45) is 5.41 Å². The Morgan fingerprint density at radius 2 is 2.04 bits per heavy atom. The van der Waals surface area contributed by atoms with Gasteiger partial charge < -0.3 is 15.5 Å². The minimum Gasteiger partial charge on any atom is -0.358 e. The first-order valence-corrected chi connectivity index (χ1v) is 8.72. The van der Waals surface area contributed by atoms with Gasteiger partial charge in [0.05, 0.1) is 6.20 Å². The smallest absolute Gasteiger partial charge is 0.251 e. The van der Waals surface area contributed by atoms with Crippen LogP contribution < -0.4 is 15.5 Å². The number of aromatic nitrogens is 2. The second-order valence-electron chi connectivity index (χ2n) is 7.69. The van der Waals surface area contributed by atoms with E-state index in [0.29, 0.717) is 22.9 Å². The number of anilines is 3. The summed E-state index contributed by atoms with van der Waals surface area (Å²) in [5, 5.41) is 15.2. The minimum absolute atomic E-state index is 0.0540. The van der Waals surface area contributed by atoms with E-state index >= 15 is 0 Å². The molecule has 0 aliphatic rings. The normalized spacial score (nSPS) is 10.9. The third kappa shape index (κ3) is 5.17. The van der Waals surface area contributed by atoms with Crippen molar-refractivity contribution in [1.82, 2.24) is 15.3 Å². The average Bonchev–Trinajstić information content (AvgIpc) is 2.61. The first-order valence-electron chi connectivity index (χ1n) is 8.72. The van der Waals surface area contributed by atoms with Crippen molar-refractivity contribution in [2.45, 2.75) is 27.7 Å². The molecule has 27 heavy (non-hydrogen) atoms. The highest BCUT2D eigenvalue weighted by Gasteiger charge is 2.18. The molecular weight excluding hydrogens is 340 g/mol. The molecule has 0 atom stereocenters. The van der Waals surface area contributed by atoms with Crippen LogP contribution in [0.4, 0.5) is 17.5 Å². The quantitative estimate of drug-likeness (QED) is 0.844. The van der Waals surface area contributed by atoms with Crippen LogP contribution in [0, 0.1) is 23.7 Å². The lowest BCUT2D eigenvalue weighted by Gasteiger charge is -2.28. The maximum Gasteiger partial charge on any atom is 0.251 e. The first-order chi connectivity index (χ1) is 12.6. The van der Waals surface area contributed by atoms with Crippen LogP contribution >= 0.6 is 0 Å². The summed E-state index contributed by atoms with van der Waals surface area (Å²) in [5.41, 5.74) is 2.72. The van der Waals surface area contributed by atoms with Gasteiger partial charge in [-0.2, -0.15) is 10.2 Å². The molecule has 0 spiro atoms. The van der Waals surface area contributed by atoms with Crippen LogP contribution in [-0.2, 0) is 0 Å². The highest BCUT2D eigenvalue weighted by atomic mass is 16.1. The standard InChI is InChI=1S/C20H26N6O/c1-13-7-8-14(18(27)22-5)9-16(13)24-19-23-11-15(10-21)17(25-19)26(6)12-20(2,3)4/h7-9,11H,12H2,1-6H3,(H,22,27)(H,23,24,25). The van der Waals surface area contributed by atoms with E-state index in [4.69, 9.17) is 0 Å². The molecule has 2 N–H and O–H groups in total. The molecule has 0 fully saturated rings. The summed E-state index contributed by atoms with van der Waals surface area (Å²) in [6, 6.07) is 7.54. The largest absolute Gasteiger partial charge is 0.358 e. The van der Waals surface area contributed by atoms with E-state index < -0.39 is 0 Å². The van der Waals surface area contributed by atoms with Gasteiger partial charge in [0.15, 0.2) is 5.82 Å². The van der Waals surface area contributed by atoms with Gasteiger partial charge in [-0.05, 0) is 30.0 Å². The molecule has 2 rings (SSSR count). The first kappa shape index (κ1) is 20.2. The molecule has 1 amide bonds. The SMILES string of the molecule is CNC(=O)c1ccc(C)c(Nc2ncc(C#N)c(N(C)CC(C)(C)C)n2)c1. The van der Waals surface area contributed by atoms with Crippen molar-refractivity contribution in [3.63, 3.8) is 0 Å². The molecule has 2 aromatic rings. The van der Waals surface area contributed by atoms with E-state index in [1.165, 1.54) is 6.20 Å². The number of nitrogens with zero attached hydrogens (tertiary/aromatic N) is 4. The van der Waals surface area contributed by atoms with Crippen molar-refractivity contribution >= 4 is 23.4 Å². The van der Waals surface area contributed by atoms with E-state index in [9.17, 15) is 10.1 Å². The van der Waals surface area contributed by atoms with Gasteiger partial charge in [0, 0.05) is 31.9 Å². The molecule has 0 aliphatic heterocycles. The Hall–Kier alpha value is -3.14. The van der Waals surface area contributed by atoms with E-state index in [0.717, 1.165) is 17.8 Å². The summed E-state index contributed by atoms with van der Waals surface area (Å²) in [5.74, 6) is 0.788. The van der Waals surface area contributed by atoms with Crippen molar-refractivity contribution < 1.29 is 4.79 Å². The van der Waals surface area contributed by atoms with Crippen LogP contribution in [0.5, 0.6) is 0 Å². The Labute approximate surface area is 160 Å². The Bertz CT molecular complexity index is 879. The second kappa shape index (κ2) is 8.04. The zero-order valence-electron chi connectivity index (χ0n) is 16.7. The van der Waals surface area contributed by atoms with Crippen molar-refractivity contribution in [2.75, 3.05) is 30.9 Å². The monoisotopic (exact) mass is 366 g/mol. The fourth-order valence-electron chi connectivity index (χ4n) is 2.75. The zero-order valence-corrected chi connectivity index (χ0v) is 16.7.